The third-order valence-electron chi connectivity index (χ3n) is 2.95. The molecule has 1 saturated heterocycles. The van der Waals surface area contributed by atoms with Gasteiger partial charge in [-0.15, -0.1) is 12.4 Å². The summed E-state index contributed by atoms with van der Waals surface area (Å²) >= 11 is 0. The maximum atomic E-state index is 7.49. The van der Waals surface area contributed by atoms with Crippen molar-refractivity contribution in [1.29, 1.82) is 5.41 Å². The first-order chi connectivity index (χ1) is 4.62. The van der Waals surface area contributed by atoms with Gasteiger partial charge in [0.25, 0.3) is 0 Å². The molecule has 2 nitrogen and oxygen atoms in total. The van der Waals surface area contributed by atoms with Gasteiger partial charge in [-0.25, -0.2) is 0 Å². The van der Waals surface area contributed by atoms with E-state index in [2.05, 4.69) is 19.2 Å². The zero-order valence-electron chi connectivity index (χ0n) is 6.98. The fourth-order valence-electron chi connectivity index (χ4n) is 2.23. The molecule has 1 aliphatic heterocycles. The molecule has 0 spiro atoms. The third kappa shape index (κ3) is 1.24. The highest BCUT2D eigenvalue weighted by atomic mass is 35.5. The number of hydrogen-bond acceptors (Lipinski definition) is 1. The average molecular weight is 175 g/mol. The van der Waals surface area contributed by atoms with Crippen molar-refractivity contribution in [3.63, 3.8) is 0 Å². The molecule has 64 valence electrons. The molecule has 0 aromatic heterocycles. The van der Waals surface area contributed by atoms with Gasteiger partial charge in [0.1, 0.15) is 0 Å². The summed E-state index contributed by atoms with van der Waals surface area (Å²) < 4.78 is 0. The van der Waals surface area contributed by atoms with E-state index < -0.39 is 0 Å². The first kappa shape index (κ1) is 8.85. The zero-order chi connectivity index (χ0) is 7.35. The van der Waals surface area contributed by atoms with E-state index in [4.69, 9.17) is 5.41 Å². The molecule has 1 unspecified atom stereocenters. The van der Waals surface area contributed by atoms with Crippen molar-refractivity contribution < 1.29 is 0 Å². The molecule has 2 N–H and O–H groups in total. The van der Waals surface area contributed by atoms with Crippen LogP contribution in [0.1, 0.15) is 26.7 Å². The molecule has 1 heterocycles. The van der Waals surface area contributed by atoms with Crippen LogP contribution in [0.25, 0.3) is 0 Å². The Morgan fingerprint density at radius 3 is 2.82 bits per heavy atom. The highest BCUT2D eigenvalue weighted by Gasteiger charge is 2.55. The van der Waals surface area contributed by atoms with Gasteiger partial charge >= 0.3 is 0 Å². The normalized spacial score (nSPS) is 46.9. The van der Waals surface area contributed by atoms with Crippen LogP contribution in [0.3, 0.4) is 0 Å². The molecule has 0 aromatic carbocycles. The smallest absolute Gasteiger partial charge is 0.0938 e. The lowest BCUT2D eigenvalue weighted by Crippen LogP contribution is -2.41. The molecule has 2 rings (SSSR count). The van der Waals surface area contributed by atoms with Gasteiger partial charge in [0.2, 0.25) is 0 Å². The average Bonchev–Trinajstić information content (AvgIpc) is 2.39. The number of halogens is 1. The van der Waals surface area contributed by atoms with E-state index in [9.17, 15) is 0 Å². The molecule has 1 saturated carbocycles. The molecule has 11 heavy (non-hydrogen) atoms. The first-order valence-corrected chi connectivity index (χ1v) is 3.97. The maximum absolute atomic E-state index is 7.49. The summed E-state index contributed by atoms with van der Waals surface area (Å²) in [7, 11) is 0. The molecule has 2 fully saturated rings. The highest BCUT2D eigenvalue weighted by molar-refractivity contribution is 5.85. The van der Waals surface area contributed by atoms with Crippen molar-refractivity contribution >= 4 is 18.2 Å². The molecular weight excluding hydrogens is 160 g/mol. The van der Waals surface area contributed by atoms with Crippen LogP contribution in [-0.4, -0.2) is 11.4 Å². The number of fused-ring (bicyclic) bond motifs is 1. The second-order valence-corrected chi connectivity index (χ2v) is 4.01. The van der Waals surface area contributed by atoms with Crippen LogP contribution in [0, 0.1) is 17.2 Å². The van der Waals surface area contributed by atoms with E-state index in [-0.39, 0.29) is 12.4 Å². The Hall–Kier alpha value is -0.240. The van der Waals surface area contributed by atoms with Gasteiger partial charge in [-0.05, 0) is 25.2 Å². The van der Waals surface area contributed by atoms with Crippen LogP contribution in [0.2, 0.25) is 0 Å². The number of amidine groups is 1. The lowest BCUT2D eigenvalue weighted by molar-refractivity contribution is 0.413. The van der Waals surface area contributed by atoms with Gasteiger partial charge in [-0.3, -0.25) is 5.41 Å². The van der Waals surface area contributed by atoms with Crippen LogP contribution in [-0.2, 0) is 0 Å². The second-order valence-electron chi connectivity index (χ2n) is 4.01. The van der Waals surface area contributed by atoms with Crippen molar-refractivity contribution in [3.8, 4) is 0 Å². The summed E-state index contributed by atoms with van der Waals surface area (Å²) in [6.45, 7) is 4.48. The molecular formula is C8H15ClN2. The Labute approximate surface area is 73.7 Å². The SMILES string of the molecule is CC1CC(=N)N[C@]2(C)C[C@@H]12.Cl. The molecule has 0 amide bonds. The van der Waals surface area contributed by atoms with Crippen LogP contribution >= 0.6 is 12.4 Å². The third-order valence-corrected chi connectivity index (χ3v) is 2.95. The standard InChI is InChI=1S/C8H14N2.ClH/c1-5-3-7(9)10-8(2)4-6(5)8;/h5-6H,3-4H2,1-2H3,(H2,9,10);1H/t5?,6-,8+;/m0./s1. The molecule has 3 atom stereocenters. The summed E-state index contributed by atoms with van der Waals surface area (Å²) in [5.41, 5.74) is 0.314. The van der Waals surface area contributed by atoms with Crippen molar-refractivity contribution in [1.82, 2.24) is 5.32 Å². The molecule has 3 heteroatoms. The Kier molecular flexibility index (Phi) is 1.91. The predicted octanol–water partition coefficient (Wildman–Crippen LogP) is 1.79. The van der Waals surface area contributed by atoms with E-state index in [0.29, 0.717) is 5.54 Å². The molecule has 1 aliphatic carbocycles. The number of hydrogen-bond donors (Lipinski definition) is 2. The molecule has 0 bridgehead atoms. The summed E-state index contributed by atoms with van der Waals surface area (Å²) in [5, 5.41) is 10.7. The fraction of sp³-hybridized carbons (Fsp3) is 0.875. The monoisotopic (exact) mass is 174 g/mol. The van der Waals surface area contributed by atoms with E-state index in [1.165, 1.54) is 6.42 Å². The van der Waals surface area contributed by atoms with Gasteiger partial charge in [-0.2, -0.15) is 0 Å². The Morgan fingerprint density at radius 1 is 1.64 bits per heavy atom. The van der Waals surface area contributed by atoms with Gasteiger partial charge in [-0.1, -0.05) is 6.92 Å². The van der Waals surface area contributed by atoms with Crippen LogP contribution < -0.4 is 5.32 Å². The largest absolute Gasteiger partial charge is 0.369 e. The molecule has 2 aliphatic rings. The summed E-state index contributed by atoms with van der Waals surface area (Å²) in [6.07, 6.45) is 2.23. The van der Waals surface area contributed by atoms with E-state index >= 15 is 0 Å². The Morgan fingerprint density at radius 2 is 2.27 bits per heavy atom. The van der Waals surface area contributed by atoms with Crippen molar-refractivity contribution in [2.45, 2.75) is 32.2 Å². The van der Waals surface area contributed by atoms with E-state index in [1.54, 1.807) is 0 Å². The molecule has 0 aromatic rings. The summed E-state index contributed by atoms with van der Waals surface area (Å²) in [4.78, 5) is 0. The van der Waals surface area contributed by atoms with Crippen LogP contribution in [0.15, 0.2) is 0 Å². The zero-order valence-corrected chi connectivity index (χ0v) is 7.79. The minimum atomic E-state index is 0. The topological polar surface area (TPSA) is 35.9 Å². The van der Waals surface area contributed by atoms with E-state index in [0.717, 1.165) is 24.1 Å². The lowest BCUT2D eigenvalue weighted by Gasteiger charge is -2.25. The lowest BCUT2D eigenvalue weighted by atomic mass is 9.94. The quantitative estimate of drug-likeness (QED) is 0.577. The Balaban J connectivity index is 0.000000605. The fourth-order valence-corrected chi connectivity index (χ4v) is 2.23. The van der Waals surface area contributed by atoms with Gasteiger partial charge in [0.05, 0.1) is 5.84 Å². The second kappa shape index (κ2) is 2.37. The van der Waals surface area contributed by atoms with Crippen LogP contribution in [0.5, 0.6) is 0 Å². The van der Waals surface area contributed by atoms with Gasteiger partial charge in [0, 0.05) is 12.0 Å². The van der Waals surface area contributed by atoms with Gasteiger partial charge < -0.3 is 5.32 Å². The minimum absolute atomic E-state index is 0. The predicted molar refractivity (Wildman–Crippen MR) is 48.4 cm³/mol. The van der Waals surface area contributed by atoms with Crippen molar-refractivity contribution in [2.24, 2.45) is 11.8 Å². The summed E-state index contributed by atoms with van der Waals surface area (Å²) in [6, 6.07) is 0. The maximum Gasteiger partial charge on any atom is 0.0938 e. The summed E-state index contributed by atoms with van der Waals surface area (Å²) in [5.74, 6) is 2.32. The van der Waals surface area contributed by atoms with Gasteiger partial charge in [0.15, 0.2) is 0 Å². The molecule has 0 radical (unpaired) electrons. The number of piperidine rings is 1. The number of rotatable bonds is 0. The van der Waals surface area contributed by atoms with E-state index in [1.807, 2.05) is 0 Å². The van der Waals surface area contributed by atoms with Crippen LogP contribution in [0.4, 0.5) is 0 Å². The Bertz CT molecular complexity index is 193. The highest BCUT2D eigenvalue weighted by Crippen LogP contribution is 2.51. The first-order valence-electron chi connectivity index (χ1n) is 3.97. The van der Waals surface area contributed by atoms with Crippen molar-refractivity contribution in [2.75, 3.05) is 0 Å². The minimum Gasteiger partial charge on any atom is -0.369 e. The number of nitrogens with one attached hydrogen (secondary N) is 2. The van der Waals surface area contributed by atoms with Crippen molar-refractivity contribution in [3.05, 3.63) is 0 Å².